The highest BCUT2D eigenvalue weighted by Gasteiger charge is 2.26. The maximum Gasteiger partial charge on any atom is 0.319 e. The molecule has 8 heteroatoms. The molecule has 1 atom stereocenters. The third kappa shape index (κ3) is 4.96. The fraction of sp³-hybridized carbons (Fsp3) is 0.458. The monoisotopic (exact) mass is 444 g/mol. The number of carbonyl (C=O) groups is 1. The molecule has 2 heterocycles. The van der Waals surface area contributed by atoms with Gasteiger partial charge in [0.25, 0.3) is 0 Å². The molecule has 2 saturated heterocycles. The molecule has 4 rings (SSSR count). The van der Waals surface area contributed by atoms with Crippen molar-refractivity contribution in [3.8, 4) is 5.75 Å². The largest absolute Gasteiger partial charge is 0.496 e. The first kappa shape index (κ1) is 22.3. The number of halogens is 2. The lowest BCUT2D eigenvalue weighted by Crippen LogP contribution is -2.38. The topological polar surface area (TPSA) is 56.8 Å². The van der Waals surface area contributed by atoms with Gasteiger partial charge in [-0.1, -0.05) is 18.2 Å². The van der Waals surface area contributed by atoms with Crippen LogP contribution in [0, 0.1) is 11.6 Å². The van der Waals surface area contributed by atoms with Gasteiger partial charge in [-0.25, -0.2) is 13.6 Å². The highest BCUT2D eigenvalue weighted by molar-refractivity contribution is 5.89. The van der Waals surface area contributed by atoms with E-state index in [0.29, 0.717) is 19.6 Å². The summed E-state index contributed by atoms with van der Waals surface area (Å²) in [6.07, 6.45) is 4.07. The molecule has 172 valence electrons. The number of nitrogens with zero attached hydrogens (tertiary/aromatic N) is 2. The lowest BCUT2D eigenvalue weighted by Gasteiger charge is -2.29. The molecule has 0 bridgehead atoms. The van der Waals surface area contributed by atoms with Crippen molar-refractivity contribution in [3.63, 3.8) is 0 Å². The van der Waals surface area contributed by atoms with Crippen LogP contribution >= 0.6 is 0 Å². The van der Waals surface area contributed by atoms with Gasteiger partial charge in [-0.2, -0.15) is 0 Å². The van der Waals surface area contributed by atoms with Gasteiger partial charge in [0, 0.05) is 30.9 Å². The molecule has 0 saturated carbocycles. The van der Waals surface area contributed by atoms with E-state index in [-0.39, 0.29) is 17.4 Å². The minimum Gasteiger partial charge on any atom is -0.496 e. The van der Waals surface area contributed by atoms with Crippen LogP contribution in [0.25, 0.3) is 0 Å². The van der Waals surface area contributed by atoms with Crippen molar-refractivity contribution in [2.45, 2.75) is 31.7 Å². The summed E-state index contributed by atoms with van der Waals surface area (Å²) in [5.41, 5.74) is 1.08. The van der Waals surface area contributed by atoms with Crippen LogP contribution in [0.2, 0.25) is 0 Å². The average molecular weight is 445 g/mol. The van der Waals surface area contributed by atoms with Crippen LogP contribution in [0.5, 0.6) is 5.75 Å². The quantitative estimate of drug-likeness (QED) is 0.659. The Kier molecular flexibility index (Phi) is 7.09. The number of carbonyl (C=O) groups excluding carboxylic acids is 1. The van der Waals surface area contributed by atoms with E-state index in [4.69, 9.17) is 4.74 Å². The molecular weight excluding hydrogens is 414 g/mol. The Bertz CT molecular complexity index is 920. The second kappa shape index (κ2) is 10.2. The molecule has 0 radical (unpaired) electrons. The number of anilines is 2. The maximum absolute atomic E-state index is 14.6. The third-order valence-electron chi connectivity index (χ3n) is 6.23. The first-order valence-corrected chi connectivity index (χ1v) is 11.2. The van der Waals surface area contributed by atoms with Crippen molar-refractivity contribution in [3.05, 3.63) is 53.6 Å². The number of benzene rings is 2. The second-order valence-corrected chi connectivity index (χ2v) is 8.32. The van der Waals surface area contributed by atoms with Crippen LogP contribution in [0.3, 0.4) is 0 Å². The number of ether oxygens (including phenoxy) is 1. The highest BCUT2D eigenvalue weighted by Crippen LogP contribution is 2.32. The zero-order valence-electron chi connectivity index (χ0n) is 18.4. The average Bonchev–Trinajstić information content (AvgIpc) is 3.48. The summed E-state index contributed by atoms with van der Waals surface area (Å²) in [7, 11) is 1.63. The number of amides is 2. The van der Waals surface area contributed by atoms with Gasteiger partial charge in [0.05, 0.1) is 13.2 Å². The van der Waals surface area contributed by atoms with Gasteiger partial charge in [0.2, 0.25) is 0 Å². The molecule has 0 aliphatic carbocycles. The summed E-state index contributed by atoms with van der Waals surface area (Å²) in [4.78, 5) is 16.6. The normalized spacial score (nSPS) is 17.4. The van der Waals surface area contributed by atoms with E-state index in [1.807, 2.05) is 24.3 Å². The summed E-state index contributed by atoms with van der Waals surface area (Å²) in [5.74, 6) is -0.550. The van der Waals surface area contributed by atoms with Crippen molar-refractivity contribution in [1.29, 1.82) is 0 Å². The lowest BCUT2D eigenvalue weighted by molar-refractivity contribution is 0.224. The number of likely N-dealkylation sites (tertiary alicyclic amines) is 1. The molecular formula is C24H30F2N4O2. The molecule has 2 amide bonds. The summed E-state index contributed by atoms with van der Waals surface area (Å²) in [6.45, 7) is 3.52. The molecule has 2 fully saturated rings. The number of hydrogen-bond donors (Lipinski definition) is 2. The van der Waals surface area contributed by atoms with E-state index in [1.54, 1.807) is 12.0 Å². The highest BCUT2D eigenvalue weighted by atomic mass is 19.1. The van der Waals surface area contributed by atoms with Crippen LogP contribution in [0.4, 0.5) is 25.0 Å². The summed E-state index contributed by atoms with van der Waals surface area (Å²) in [5, 5.41) is 5.43. The molecule has 2 N–H and O–H groups in total. The standard InChI is InChI=1S/C24H30F2N4O2/c1-32-22-9-3-2-8-18(22)21(29-10-4-5-11-29)16-27-24(31)28-17-14-19(25)23(20(26)15-17)30-12-6-7-13-30/h2-3,8-9,14-15,21H,4-7,10-13,16H2,1H3,(H2,27,28,31). The van der Waals surface area contributed by atoms with E-state index >= 15 is 0 Å². The Hall–Kier alpha value is -2.87. The molecule has 2 aliphatic rings. The van der Waals surface area contributed by atoms with Crippen molar-refractivity contribution in [2.24, 2.45) is 0 Å². The van der Waals surface area contributed by atoms with Crippen LogP contribution in [-0.4, -0.2) is 50.8 Å². The van der Waals surface area contributed by atoms with Gasteiger partial charge in [0.1, 0.15) is 11.4 Å². The van der Waals surface area contributed by atoms with Gasteiger partial charge >= 0.3 is 6.03 Å². The first-order valence-electron chi connectivity index (χ1n) is 11.2. The van der Waals surface area contributed by atoms with E-state index in [9.17, 15) is 13.6 Å². The molecule has 1 unspecified atom stereocenters. The molecule has 2 aliphatic heterocycles. The Morgan fingerprint density at radius 2 is 1.66 bits per heavy atom. The number of methoxy groups -OCH3 is 1. The van der Waals surface area contributed by atoms with E-state index in [2.05, 4.69) is 15.5 Å². The fourth-order valence-electron chi connectivity index (χ4n) is 4.68. The smallest absolute Gasteiger partial charge is 0.319 e. The summed E-state index contributed by atoms with van der Waals surface area (Å²) in [6, 6.07) is 9.58. The summed E-state index contributed by atoms with van der Waals surface area (Å²) < 4.78 is 34.7. The molecule has 2 aromatic carbocycles. The number of nitrogens with one attached hydrogen (secondary N) is 2. The minimum atomic E-state index is -0.661. The maximum atomic E-state index is 14.6. The van der Waals surface area contributed by atoms with E-state index < -0.39 is 17.7 Å². The first-order chi connectivity index (χ1) is 15.6. The SMILES string of the molecule is COc1ccccc1C(CNC(=O)Nc1cc(F)c(N2CCCC2)c(F)c1)N1CCCC1. The number of hydrogen-bond acceptors (Lipinski definition) is 4. The minimum absolute atomic E-state index is 0.0151. The van der Waals surface area contributed by atoms with Crippen molar-refractivity contribution >= 4 is 17.4 Å². The molecule has 0 spiro atoms. The Morgan fingerprint density at radius 3 is 2.31 bits per heavy atom. The van der Waals surface area contributed by atoms with Crippen LogP contribution in [0.1, 0.15) is 37.3 Å². The lowest BCUT2D eigenvalue weighted by atomic mass is 10.0. The third-order valence-corrected chi connectivity index (χ3v) is 6.23. The summed E-state index contributed by atoms with van der Waals surface area (Å²) >= 11 is 0. The Balaban J connectivity index is 1.43. The van der Waals surface area contributed by atoms with Crippen LogP contribution in [-0.2, 0) is 0 Å². The van der Waals surface area contributed by atoms with Crippen molar-refractivity contribution < 1.29 is 18.3 Å². The van der Waals surface area contributed by atoms with Gasteiger partial charge in [-0.3, -0.25) is 4.90 Å². The number of urea groups is 1. The van der Waals surface area contributed by atoms with Crippen molar-refractivity contribution in [2.75, 3.05) is 50.1 Å². The Labute approximate surface area is 187 Å². The second-order valence-electron chi connectivity index (χ2n) is 8.32. The predicted molar refractivity (Wildman–Crippen MR) is 121 cm³/mol. The Morgan fingerprint density at radius 1 is 1.03 bits per heavy atom. The number of rotatable bonds is 7. The fourth-order valence-corrected chi connectivity index (χ4v) is 4.68. The molecule has 0 aromatic heterocycles. The zero-order chi connectivity index (χ0) is 22.5. The molecule has 2 aromatic rings. The van der Waals surface area contributed by atoms with Crippen LogP contribution in [0.15, 0.2) is 36.4 Å². The van der Waals surface area contributed by atoms with E-state index in [0.717, 1.165) is 50.1 Å². The van der Waals surface area contributed by atoms with Gasteiger partial charge in [-0.15, -0.1) is 0 Å². The van der Waals surface area contributed by atoms with Gasteiger partial charge in [0.15, 0.2) is 11.6 Å². The number of para-hydroxylation sites is 1. The van der Waals surface area contributed by atoms with Crippen LogP contribution < -0.4 is 20.3 Å². The van der Waals surface area contributed by atoms with Gasteiger partial charge < -0.3 is 20.3 Å². The zero-order valence-corrected chi connectivity index (χ0v) is 18.4. The van der Waals surface area contributed by atoms with Crippen molar-refractivity contribution in [1.82, 2.24) is 10.2 Å². The van der Waals surface area contributed by atoms with Gasteiger partial charge in [-0.05, 0) is 57.0 Å². The molecule has 6 nitrogen and oxygen atoms in total. The molecule has 32 heavy (non-hydrogen) atoms. The van der Waals surface area contributed by atoms with E-state index in [1.165, 1.54) is 12.1 Å². The predicted octanol–water partition coefficient (Wildman–Crippen LogP) is 4.53.